The minimum Gasteiger partial charge on any atom is -0.328 e. The van der Waals surface area contributed by atoms with Crippen LogP contribution in [0.4, 0.5) is 0 Å². The van der Waals surface area contributed by atoms with Gasteiger partial charge in [0, 0.05) is 0 Å². The molecule has 3 saturated carbocycles. The fourth-order valence-electron chi connectivity index (χ4n) is 6.55. The molecule has 28 heavy (non-hydrogen) atoms. The zero-order valence-electron chi connectivity index (χ0n) is 18.7. The highest BCUT2D eigenvalue weighted by Crippen LogP contribution is 2.58. The van der Waals surface area contributed by atoms with Crippen molar-refractivity contribution in [2.75, 3.05) is 14.1 Å². The number of quaternary nitrogens is 1. The van der Waals surface area contributed by atoms with Gasteiger partial charge in [-0.3, -0.25) is 0 Å². The topological polar surface area (TPSA) is 17.1 Å². The van der Waals surface area contributed by atoms with Crippen molar-refractivity contribution in [2.24, 2.45) is 29.6 Å². The number of hydrogen-bond donors (Lipinski definition) is 0. The smallest absolute Gasteiger partial charge is 0.328 e. The lowest BCUT2D eigenvalue weighted by molar-refractivity contribution is -0.838. The van der Waals surface area contributed by atoms with Crippen molar-refractivity contribution < 1.29 is 8.61 Å². The number of fused-ring (bicyclic) bond motifs is 5. The first kappa shape index (κ1) is 20.5. The van der Waals surface area contributed by atoms with Crippen LogP contribution < -0.4 is 0 Å². The molecule has 3 heteroatoms. The number of allylic oxidation sites excluding steroid dienone is 5. The average Bonchev–Trinajstić information content (AvgIpc) is 2.91. The van der Waals surface area contributed by atoms with Crippen LogP contribution >= 0.6 is 0 Å². The van der Waals surface area contributed by atoms with Crippen molar-refractivity contribution in [3.8, 4) is 0 Å². The van der Waals surface area contributed by atoms with Crippen LogP contribution in [0.2, 0.25) is 5.54 Å². The summed E-state index contributed by atoms with van der Waals surface area (Å²) in [5.74, 6) is 3.74. The maximum atomic E-state index is 13.7. The third-order valence-electron chi connectivity index (χ3n) is 8.93. The van der Waals surface area contributed by atoms with Crippen LogP contribution in [-0.4, -0.2) is 32.6 Å². The maximum Gasteiger partial charge on any atom is 0.564 e. The first-order valence-corrected chi connectivity index (χ1v) is 13.0. The standard InChI is InChI=1S/C25H40NOSi/c1-17-9-7-11-19-15-23-21(24(17)19)12-8-10-18-13-14-20(16-22(18)23)28(27)26(5,6)25(2,3)4/h13-14,16,18-21,23-24H,1,7-12,15H2,2-6H3/q+1. The van der Waals surface area contributed by atoms with Gasteiger partial charge in [-0.25, -0.2) is 0 Å². The Morgan fingerprint density at radius 3 is 2.57 bits per heavy atom. The predicted molar refractivity (Wildman–Crippen MR) is 118 cm³/mol. The summed E-state index contributed by atoms with van der Waals surface area (Å²) in [6.45, 7) is 11.1. The van der Waals surface area contributed by atoms with Gasteiger partial charge in [0.05, 0.1) is 25.2 Å². The highest BCUT2D eigenvalue weighted by Gasteiger charge is 2.50. The van der Waals surface area contributed by atoms with E-state index in [0.717, 1.165) is 17.8 Å². The molecule has 0 aromatic rings. The summed E-state index contributed by atoms with van der Waals surface area (Å²) in [7, 11) is 2.47. The van der Waals surface area contributed by atoms with Crippen molar-refractivity contribution in [2.45, 2.75) is 76.8 Å². The molecule has 0 saturated heterocycles. The molecule has 0 bridgehead atoms. The molecule has 2 nitrogen and oxygen atoms in total. The molecule has 6 unspecified atom stereocenters. The molecule has 6 atom stereocenters. The third kappa shape index (κ3) is 3.27. The molecule has 4 aliphatic carbocycles. The Morgan fingerprint density at radius 2 is 1.86 bits per heavy atom. The van der Waals surface area contributed by atoms with Crippen LogP contribution in [0.1, 0.15) is 65.7 Å². The molecule has 154 valence electrons. The Kier molecular flexibility index (Phi) is 5.23. The van der Waals surface area contributed by atoms with Crippen molar-refractivity contribution >= 4 is 8.84 Å². The van der Waals surface area contributed by atoms with Gasteiger partial charge in [-0.15, -0.1) is 0 Å². The van der Waals surface area contributed by atoms with E-state index in [-0.39, 0.29) is 11.1 Å². The molecule has 4 rings (SSSR count). The molecule has 0 aliphatic heterocycles. The monoisotopic (exact) mass is 398 g/mol. The zero-order chi connectivity index (χ0) is 20.3. The summed E-state index contributed by atoms with van der Waals surface area (Å²) in [4.78, 5) is 0. The summed E-state index contributed by atoms with van der Waals surface area (Å²) in [6, 6.07) is 0. The van der Waals surface area contributed by atoms with Gasteiger partial charge < -0.3 is 8.61 Å². The van der Waals surface area contributed by atoms with Gasteiger partial charge in [0.25, 0.3) is 0 Å². The molecular formula is C25H40NOSi+. The maximum absolute atomic E-state index is 13.7. The van der Waals surface area contributed by atoms with Gasteiger partial charge >= 0.3 is 8.84 Å². The molecule has 0 N–H and O–H groups in total. The van der Waals surface area contributed by atoms with Crippen LogP contribution in [0.3, 0.4) is 0 Å². The van der Waals surface area contributed by atoms with E-state index in [1.807, 2.05) is 0 Å². The molecule has 4 aliphatic rings. The van der Waals surface area contributed by atoms with Crippen LogP contribution in [0.15, 0.2) is 36.0 Å². The fourth-order valence-corrected chi connectivity index (χ4v) is 8.56. The van der Waals surface area contributed by atoms with Crippen LogP contribution in [-0.2, 0) is 4.46 Å². The largest absolute Gasteiger partial charge is 0.564 e. The average molecular weight is 399 g/mol. The number of nitrogens with zero attached hydrogens (tertiary/aromatic N) is 1. The molecule has 0 aromatic carbocycles. The molecule has 3 fully saturated rings. The van der Waals surface area contributed by atoms with Crippen LogP contribution in [0.5, 0.6) is 0 Å². The summed E-state index contributed by atoms with van der Waals surface area (Å²) in [5.41, 5.74) is 3.31. The Bertz CT molecular complexity index is 725. The molecule has 0 spiro atoms. The van der Waals surface area contributed by atoms with Gasteiger partial charge in [-0.1, -0.05) is 42.4 Å². The second-order valence-electron chi connectivity index (χ2n) is 11.4. The lowest BCUT2D eigenvalue weighted by atomic mass is 9.73. The lowest BCUT2D eigenvalue weighted by Crippen LogP contribution is -2.60. The first-order valence-electron chi connectivity index (χ1n) is 11.6. The number of rotatable bonds is 2. The van der Waals surface area contributed by atoms with Gasteiger partial charge in [0.15, 0.2) is 0 Å². The first-order chi connectivity index (χ1) is 13.1. The molecule has 0 amide bonds. The van der Waals surface area contributed by atoms with E-state index >= 15 is 0 Å². The second kappa shape index (κ2) is 7.16. The minimum absolute atomic E-state index is 0.00866. The van der Waals surface area contributed by atoms with E-state index in [0.29, 0.717) is 16.0 Å². The van der Waals surface area contributed by atoms with E-state index < -0.39 is 8.84 Å². The Hall–Kier alpha value is -0.803. The molecule has 0 radical (unpaired) electrons. The summed E-state index contributed by atoms with van der Waals surface area (Å²) >= 11 is 0. The summed E-state index contributed by atoms with van der Waals surface area (Å²) < 4.78 is 14.3. The molecule has 0 aromatic heterocycles. The number of hydrogen-bond acceptors (Lipinski definition) is 1. The molecular weight excluding hydrogens is 358 g/mol. The van der Waals surface area contributed by atoms with Gasteiger partial charge in [0.2, 0.25) is 0 Å². The van der Waals surface area contributed by atoms with Crippen molar-refractivity contribution in [1.29, 1.82) is 0 Å². The van der Waals surface area contributed by atoms with E-state index in [9.17, 15) is 4.46 Å². The molecule has 0 heterocycles. The second-order valence-corrected chi connectivity index (χ2v) is 13.9. The van der Waals surface area contributed by atoms with Crippen molar-refractivity contribution in [3.63, 3.8) is 0 Å². The van der Waals surface area contributed by atoms with E-state index in [4.69, 9.17) is 0 Å². The Balaban J connectivity index is 1.65. The van der Waals surface area contributed by atoms with Crippen molar-refractivity contribution in [3.05, 3.63) is 36.0 Å². The van der Waals surface area contributed by atoms with E-state index in [1.54, 1.807) is 11.1 Å². The zero-order valence-corrected chi connectivity index (χ0v) is 19.7. The van der Waals surface area contributed by atoms with Gasteiger partial charge in [0.1, 0.15) is 0 Å². The Morgan fingerprint density at radius 1 is 1.11 bits per heavy atom. The van der Waals surface area contributed by atoms with Crippen LogP contribution in [0, 0.1) is 29.6 Å². The minimum atomic E-state index is -1.84. The normalized spacial score (nSPS) is 38.2. The third-order valence-corrected chi connectivity index (χ3v) is 11.6. The lowest BCUT2D eigenvalue weighted by Gasteiger charge is -2.42. The fraction of sp³-hybridized carbons (Fsp3) is 0.760. The highest BCUT2D eigenvalue weighted by atomic mass is 28.3. The highest BCUT2D eigenvalue weighted by molar-refractivity contribution is 6.38. The quantitative estimate of drug-likeness (QED) is 0.408. The Labute approximate surface area is 174 Å². The van der Waals surface area contributed by atoms with E-state index in [1.165, 1.54) is 44.9 Å². The van der Waals surface area contributed by atoms with Gasteiger partial charge in [-0.05, 0) is 88.9 Å². The van der Waals surface area contributed by atoms with Crippen molar-refractivity contribution in [1.82, 2.24) is 0 Å². The van der Waals surface area contributed by atoms with Gasteiger partial charge in [-0.2, -0.15) is 0 Å². The summed E-state index contributed by atoms with van der Waals surface area (Å²) in [5, 5.41) is 0. The predicted octanol–water partition coefficient (Wildman–Crippen LogP) is 6.06. The summed E-state index contributed by atoms with van der Waals surface area (Å²) in [6.07, 6.45) is 16.6. The van der Waals surface area contributed by atoms with E-state index in [2.05, 4.69) is 59.7 Å². The SMILES string of the molecule is C=C1CCCC2CC3C4=CC([Si](=O)[N+](C)(C)C(C)(C)C)C=CC4CCCC3C12. The van der Waals surface area contributed by atoms with Crippen LogP contribution in [0.25, 0.3) is 0 Å².